The molecule has 0 bridgehead atoms. The van der Waals surface area contributed by atoms with Gasteiger partial charge in [-0.15, -0.1) is 0 Å². The Kier molecular flexibility index (Phi) is 7.70. The normalized spacial score (nSPS) is 14.2. The summed E-state index contributed by atoms with van der Waals surface area (Å²) in [6.07, 6.45) is 0. The van der Waals surface area contributed by atoms with Crippen LogP contribution in [0.1, 0.15) is 41.5 Å². The molecule has 0 radical (unpaired) electrons. The van der Waals surface area contributed by atoms with E-state index >= 15 is 0 Å². The highest BCUT2D eigenvalue weighted by Gasteiger charge is 2.35. The van der Waals surface area contributed by atoms with Gasteiger partial charge in [-0.25, -0.2) is 0 Å². The largest absolute Gasteiger partial charge is 0.332 e. The van der Waals surface area contributed by atoms with Gasteiger partial charge >= 0.3 is 0 Å². The zero-order valence-corrected chi connectivity index (χ0v) is 21.1. The van der Waals surface area contributed by atoms with Crippen molar-refractivity contribution in [2.45, 2.75) is 78.8 Å². The predicted molar refractivity (Wildman–Crippen MR) is 123 cm³/mol. The molecule has 2 N–H and O–H groups in total. The number of hydrogen-bond acceptors (Lipinski definition) is 2. The van der Waals surface area contributed by atoms with Crippen LogP contribution in [0.15, 0.2) is 30.3 Å². The molecular weight excluding hydrogens is 355 g/mol. The minimum Gasteiger partial charge on any atom is -0.332 e. The first-order chi connectivity index (χ1) is 11.1. The van der Waals surface area contributed by atoms with E-state index in [4.69, 9.17) is 0 Å². The molecule has 0 aromatic heterocycles. The van der Waals surface area contributed by atoms with Crippen LogP contribution in [-0.4, -0.2) is 39.1 Å². The van der Waals surface area contributed by atoms with E-state index in [0.29, 0.717) is 0 Å². The number of hydrogen-bond donors (Lipinski definition) is 2. The Hall–Kier alpha value is 0.00377. The van der Waals surface area contributed by atoms with Gasteiger partial charge in [-0.3, -0.25) is 0 Å². The molecule has 0 aliphatic heterocycles. The quantitative estimate of drug-likeness (QED) is 0.497. The molecule has 1 aromatic rings. The summed E-state index contributed by atoms with van der Waals surface area (Å²) < 4.78 is 0. The van der Waals surface area contributed by atoms with Gasteiger partial charge in [-0.05, 0) is 58.4 Å². The first-order valence-electron chi connectivity index (χ1n) is 9.47. The van der Waals surface area contributed by atoms with E-state index in [0.717, 1.165) is 0 Å². The van der Waals surface area contributed by atoms with Gasteiger partial charge in [0, 0.05) is 11.1 Å². The van der Waals surface area contributed by atoms with Crippen LogP contribution in [0, 0.1) is 0 Å². The first-order valence-corrected chi connectivity index (χ1v) is 17.6. The van der Waals surface area contributed by atoms with E-state index < -0.39 is 16.5 Å². The summed E-state index contributed by atoms with van der Waals surface area (Å²) in [7, 11) is -3.08. The lowest BCUT2D eigenvalue weighted by molar-refractivity contribution is 0.513. The van der Waals surface area contributed by atoms with Crippen molar-refractivity contribution in [2.24, 2.45) is 0 Å². The summed E-state index contributed by atoms with van der Waals surface area (Å²) in [6.45, 7) is 23.8. The fourth-order valence-corrected chi connectivity index (χ4v) is 19.8. The molecular formula is C20H41N2PSi2. The van der Waals surface area contributed by atoms with Gasteiger partial charge in [0.25, 0.3) is 0 Å². The molecule has 1 aromatic carbocycles. The zero-order chi connectivity index (χ0) is 19.5. The Balaban J connectivity index is 3.02. The molecule has 0 aliphatic rings. The molecule has 0 atom stereocenters. The van der Waals surface area contributed by atoms with E-state index in [1.54, 1.807) is 5.30 Å². The predicted octanol–water partition coefficient (Wildman–Crippen LogP) is 5.06. The van der Waals surface area contributed by atoms with Crippen LogP contribution in [-0.2, 0) is 0 Å². The van der Waals surface area contributed by atoms with Crippen LogP contribution in [0.3, 0.4) is 0 Å². The Bertz CT molecular complexity index is 501. The monoisotopic (exact) mass is 396 g/mol. The van der Waals surface area contributed by atoms with Crippen molar-refractivity contribution in [2.75, 3.05) is 11.6 Å². The first kappa shape index (κ1) is 23.0. The zero-order valence-electron chi connectivity index (χ0n) is 18.2. The molecule has 0 saturated carbocycles. The van der Waals surface area contributed by atoms with Crippen LogP contribution < -0.4 is 15.3 Å². The highest BCUT2D eigenvalue weighted by molar-refractivity contribution is 7.70. The van der Waals surface area contributed by atoms with Crippen LogP contribution in [0.2, 0.25) is 26.2 Å². The van der Waals surface area contributed by atoms with E-state index in [2.05, 4.69) is 108 Å². The fourth-order valence-electron chi connectivity index (χ4n) is 3.94. The number of nitrogens with one attached hydrogen (secondary N) is 2. The van der Waals surface area contributed by atoms with E-state index in [9.17, 15) is 0 Å². The van der Waals surface area contributed by atoms with Crippen LogP contribution in [0.5, 0.6) is 0 Å². The molecule has 0 spiro atoms. The van der Waals surface area contributed by atoms with Gasteiger partial charge in [0.05, 0.1) is 0 Å². The van der Waals surface area contributed by atoms with Crippen LogP contribution >= 0.6 is 7.92 Å². The molecule has 1 rings (SSSR count). The van der Waals surface area contributed by atoms with Crippen molar-refractivity contribution in [3.63, 3.8) is 0 Å². The summed E-state index contributed by atoms with van der Waals surface area (Å²) in [5.74, 6) is 2.71. The van der Waals surface area contributed by atoms with Crippen molar-refractivity contribution in [1.29, 1.82) is 0 Å². The summed E-state index contributed by atoms with van der Waals surface area (Å²) in [5.41, 5.74) is 0.397. The maximum absolute atomic E-state index is 3.98. The second kappa shape index (κ2) is 8.35. The molecule has 5 heteroatoms. The van der Waals surface area contributed by atoms with Crippen LogP contribution in [0.4, 0.5) is 0 Å². The van der Waals surface area contributed by atoms with Gasteiger partial charge in [0.1, 0.15) is 16.5 Å². The molecule has 2 nitrogen and oxygen atoms in total. The number of benzene rings is 1. The SMILES string of the molecule is CC(C)(C)N[Si](C)(C)CP(C[Si](C)(C)NC(C)(C)C)c1ccccc1. The Morgan fingerprint density at radius 2 is 1.08 bits per heavy atom. The molecule has 0 unspecified atom stereocenters. The fraction of sp³-hybridized carbons (Fsp3) is 0.700. The lowest BCUT2D eigenvalue weighted by Gasteiger charge is -2.40. The highest BCUT2D eigenvalue weighted by atomic mass is 31.1. The van der Waals surface area contributed by atoms with Crippen molar-refractivity contribution in [3.8, 4) is 0 Å². The highest BCUT2D eigenvalue weighted by Crippen LogP contribution is 2.39. The molecule has 0 aliphatic carbocycles. The van der Waals surface area contributed by atoms with Gasteiger partial charge < -0.3 is 9.96 Å². The smallest absolute Gasteiger partial charge is 0.124 e. The van der Waals surface area contributed by atoms with Crippen molar-refractivity contribution in [1.82, 2.24) is 9.96 Å². The average Bonchev–Trinajstić information content (AvgIpc) is 2.32. The standard InChI is InChI=1S/C20H41N2PSi2/c1-19(2,3)21-24(7,8)16-23(18-14-12-11-13-15-18)17-25(9,10)22-20(4,5)6/h11-15,21-22H,16-17H2,1-10H3. The number of rotatable bonds is 7. The van der Waals surface area contributed by atoms with Gasteiger partial charge in [0.15, 0.2) is 0 Å². The minimum absolute atomic E-state index is 0.139. The Labute approximate surface area is 160 Å². The lowest BCUT2D eigenvalue weighted by Crippen LogP contribution is -2.59. The molecule has 0 heterocycles. The average molecular weight is 397 g/mol. The molecule has 0 fully saturated rings. The Morgan fingerprint density at radius 1 is 0.720 bits per heavy atom. The maximum atomic E-state index is 3.98. The van der Waals surface area contributed by atoms with Crippen molar-refractivity contribution < 1.29 is 0 Å². The molecule has 0 saturated heterocycles. The van der Waals surface area contributed by atoms with Gasteiger partial charge in [-0.1, -0.05) is 64.4 Å². The van der Waals surface area contributed by atoms with Gasteiger partial charge in [0.2, 0.25) is 0 Å². The topological polar surface area (TPSA) is 24.1 Å². The second-order valence-electron chi connectivity index (χ2n) is 10.7. The van der Waals surface area contributed by atoms with Crippen LogP contribution in [0.25, 0.3) is 0 Å². The van der Waals surface area contributed by atoms with E-state index in [-0.39, 0.29) is 19.0 Å². The Morgan fingerprint density at radius 3 is 1.40 bits per heavy atom. The van der Waals surface area contributed by atoms with E-state index in [1.807, 2.05) is 0 Å². The maximum Gasteiger partial charge on any atom is 0.124 e. The molecule has 25 heavy (non-hydrogen) atoms. The summed E-state index contributed by atoms with van der Waals surface area (Å²) in [5, 5.41) is 1.57. The molecule has 144 valence electrons. The minimum atomic E-state index is -1.47. The summed E-state index contributed by atoms with van der Waals surface area (Å²) >= 11 is 0. The third-order valence-corrected chi connectivity index (χ3v) is 17.0. The summed E-state index contributed by atoms with van der Waals surface area (Å²) in [4.78, 5) is 7.96. The van der Waals surface area contributed by atoms with Crippen molar-refractivity contribution in [3.05, 3.63) is 30.3 Å². The second-order valence-corrected chi connectivity index (χ2v) is 22.9. The van der Waals surface area contributed by atoms with Crippen molar-refractivity contribution >= 4 is 29.7 Å². The van der Waals surface area contributed by atoms with Gasteiger partial charge in [-0.2, -0.15) is 0 Å². The lowest BCUT2D eigenvalue weighted by atomic mass is 10.1. The molecule has 0 amide bonds. The van der Waals surface area contributed by atoms with E-state index in [1.165, 1.54) is 11.6 Å². The summed E-state index contributed by atoms with van der Waals surface area (Å²) in [6, 6.07) is 11.3. The third kappa shape index (κ3) is 10.1. The third-order valence-electron chi connectivity index (χ3n) is 3.72.